The number of hydrogen-bond donors (Lipinski definition) is 6. The van der Waals surface area contributed by atoms with Crippen LogP contribution in [0.25, 0.3) is 0 Å². The summed E-state index contributed by atoms with van der Waals surface area (Å²) < 4.78 is 18.1. The van der Waals surface area contributed by atoms with Crippen molar-refractivity contribution in [2.45, 2.75) is 207 Å². The lowest BCUT2D eigenvalue weighted by atomic mass is 9.49. The highest BCUT2D eigenvalue weighted by Gasteiger charge is 2.76. The average Bonchev–Trinajstić information content (AvgIpc) is 2.80. The maximum atomic E-state index is 12.7. The number of ether oxygens (including phenoxy) is 3. The molecule has 6 aliphatic heterocycles. The third-order valence-electron chi connectivity index (χ3n) is 22.7. The molecule has 6 bridgehead atoms. The van der Waals surface area contributed by atoms with Gasteiger partial charge in [-0.1, -0.05) is 40.5 Å². The van der Waals surface area contributed by atoms with Crippen LogP contribution in [0, 0.1) is 17.8 Å². The summed E-state index contributed by atoms with van der Waals surface area (Å²) in [6.07, 6.45) is 13.0. The van der Waals surface area contributed by atoms with Gasteiger partial charge in [-0.15, -0.1) is 0 Å². The Hall–Kier alpha value is -4.77. The van der Waals surface area contributed by atoms with Crippen molar-refractivity contribution in [2.75, 3.05) is 39.3 Å². The van der Waals surface area contributed by atoms with Gasteiger partial charge in [0.05, 0.1) is 33.0 Å². The van der Waals surface area contributed by atoms with Crippen molar-refractivity contribution in [3.05, 3.63) is 69.8 Å². The number of aliphatic hydroxyl groups is 3. The highest BCUT2D eigenvalue weighted by Crippen LogP contribution is 2.68. The number of carbonyl (C=O) groups is 3. The van der Waals surface area contributed by atoms with Gasteiger partial charge in [0.2, 0.25) is 0 Å². The molecule has 0 unspecified atom stereocenters. The SMILES string of the molecule is C.C.C.O=C1CC[C@@]2(O)[C@H]3Cc4ccc(O)c5c4[C@@]2(CCN3CC2CC2)[C@H]1O5.O=C1CC[C@@]2(O)[C@H]3Cc4ccc(O)c5c4[C@@]2(CCN3CC2CC2)[C@H]1O5.O=C1CC[C@@]2(O)[C@H]3Cc4ccc(O)c5c4[C@@]2(CCN3CC2CC2)[C@H]1O5. The Morgan fingerprint density at radius 2 is 0.692 bits per heavy atom. The topological polar surface area (TPSA) is 210 Å². The highest BCUT2D eigenvalue weighted by atomic mass is 16.5. The Bertz CT molecular complexity index is 2730. The Morgan fingerprint density at radius 1 is 0.423 bits per heavy atom. The number of aromatic hydroxyl groups is 3. The van der Waals surface area contributed by atoms with Crippen molar-refractivity contribution >= 4 is 17.3 Å². The molecule has 9 fully saturated rings. The third kappa shape index (κ3) is 6.51. The van der Waals surface area contributed by atoms with Crippen LogP contribution in [-0.4, -0.2) is 155 Å². The zero-order chi connectivity index (χ0) is 50.9. The fourth-order valence-corrected chi connectivity index (χ4v) is 18.8. The van der Waals surface area contributed by atoms with Crippen molar-refractivity contribution < 1.29 is 59.2 Å². The van der Waals surface area contributed by atoms with Crippen molar-refractivity contribution in [3.63, 3.8) is 0 Å². The van der Waals surface area contributed by atoms with Crippen LogP contribution >= 0.6 is 0 Å². The highest BCUT2D eigenvalue weighted by molar-refractivity contribution is 5.92. The minimum absolute atomic E-state index is 0. The molecule has 0 aromatic heterocycles. The van der Waals surface area contributed by atoms with E-state index in [9.17, 15) is 45.0 Å². The molecule has 420 valence electrons. The van der Waals surface area contributed by atoms with Gasteiger partial charge in [0.1, 0.15) is 0 Å². The molecule has 0 amide bonds. The number of piperidine rings is 3. The van der Waals surface area contributed by atoms with Crippen molar-refractivity contribution in [1.82, 2.24) is 14.7 Å². The van der Waals surface area contributed by atoms with Gasteiger partial charge in [-0.3, -0.25) is 29.1 Å². The number of phenolic OH excluding ortho intramolecular Hbond substituents is 3. The molecule has 0 radical (unpaired) electrons. The van der Waals surface area contributed by atoms with E-state index in [0.29, 0.717) is 55.8 Å². The number of carbonyl (C=O) groups excluding carboxylic acids is 3. The maximum absolute atomic E-state index is 12.7. The number of Topliss-reactive ketones (excluding diaryl/α,β-unsaturated/α-hetero) is 3. The van der Waals surface area contributed by atoms with Gasteiger partial charge >= 0.3 is 0 Å². The van der Waals surface area contributed by atoms with Crippen molar-refractivity contribution in [1.29, 1.82) is 0 Å². The summed E-state index contributed by atoms with van der Waals surface area (Å²) in [6.45, 7) is 5.86. The van der Waals surface area contributed by atoms with E-state index in [2.05, 4.69) is 14.7 Å². The third-order valence-corrected chi connectivity index (χ3v) is 22.7. The number of ketones is 3. The van der Waals surface area contributed by atoms with Crippen LogP contribution < -0.4 is 14.2 Å². The fourth-order valence-electron chi connectivity index (χ4n) is 18.8. The van der Waals surface area contributed by atoms with Gasteiger partial charge in [0, 0.05) is 73.7 Å². The molecule has 18 rings (SSSR count). The molecule has 15 heteroatoms. The second-order valence-electron chi connectivity index (χ2n) is 26.1. The molecule has 15 nitrogen and oxygen atoms in total. The van der Waals surface area contributed by atoms with Crippen molar-refractivity contribution in [2.24, 2.45) is 17.8 Å². The van der Waals surface area contributed by atoms with Gasteiger partial charge in [-0.05, 0) is 169 Å². The second kappa shape index (κ2) is 17.4. The number of benzene rings is 3. The lowest BCUT2D eigenvalue weighted by Gasteiger charge is -2.62. The van der Waals surface area contributed by atoms with E-state index in [1.807, 2.05) is 18.2 Å². The first-order chi connectivity index (χ1) is 36.1. The first-order valence-electron chi connectivity index (χ1n) is 28.7. The van der Waals surface area contributed by atoms with Gasteiger partial charge in [0.15, 0.2) is 70.2 Å². The van der Waals surface area contributed by atoms with Crippen molar-refractivity contribution in [3.8, 4) is 34.5 Å². The summed E-state index contributed by atoms with van der Waals surface area (Å²) in [5, 5.41) is 66.9. The first-order valence-corrected chi connectivity index (χ1v) is 28.7. The summed E-state index contributed by atoms with van der Waals surface area (Å²) in [5.41, 5.74) is 1.36. The normalized spacial score (nSPS) is 39.8. The molecule has 6 N–H and O–H groups in total. The van der Waals surface area contributed by atoms with Gasteiger partial charge < -0.3 is 44.8 Å². The van der Waals surface area contributed by atoms with Crippen LogP contribution in [0.1, 0.15) is 152 Å². The minimum atomic E-state index is -0.940. The summed E-state index contributed by atoms with van der Waals surface area (Å²) in [5.74, 6) is 4.17. The summed E-state index contributed by atoms with van der Waals surface area (Å²) in [6, 6.07) is 11.1. The predicted octanol–water partition coefficient (Wildman–Crippen LogP) is 6.48. The maximum Gasteiger partial charge on any atom is 0.174 e. The Labute approximate surface area is 458 Å². The predicted molar refractivity (Wildman–Crippen MR) is 290 cm³/mol. The smallest absolute Gasteiger partial charge is 0.174 e. The summed E-state index contributed by atoms with van der Waals surface area (Å²) >= 11 is 0. The summed E-state index contributed by atoms with van der Waals surface area (Å²) in [4.78, 5) is 45.6. The van der Waals surface area contributed by atoms with E-state index < -0.39 is 51.4 Å². The zero-order valence-corrected chi connectivity index (χ0v) is 42.6. The zero-order valence-electron chi connectivity index (χ0n) is 42.6. The Balaban J connectivity index is 0.000000109. The van der Waals surface area contributed by atoms with Crippen LogP contribution in [0.2, 0.25) is 0 Å². The minimum Gasteiger partial charge on any atom is -0.504 e. The molecule has 9 aliphatic carbocycles. The largest absolute Gasteiger partial charge is 0.504 e. The number of hydrogen-bond acceptors (Lipinski definition) is 15. The molecule has 3 aromatic carbocycles. The fraction of sp³-hybridized carbons (Fsp3) is 0.667. The molecular formula is C63H81N3O12. The second-order valence-corrected chi connectivity index (χ2v) is 26.1. The number of rotatable bonds is 6. The van der Waals surface area contributed by atoms with E-state index in [-0.39, 0.29) is 75.0 Å². The quantitative estimate of drug-likeness (QED) is 0.156. The average molecular weight is 1070 g/mol. The number of likely N-dealkylation sites (tertiary alicyclic amines) is 3. The summed E-state index contributed by atoms with van der Waals surface area (Å²) in [7, 11) is 0. The van der Waals surface area contributed by atoms with E-state index >= 15 is 0 Å². The van der Waals surface area contributed by atoms with E-state index in [4.69, 9.17) is 14.2 Å². The van der Waals surface area contributed by atoms with Crippen LogP contribution in [-0.2, 0) is 49.9 Å². The van der Waals surface area contributed by atoms with E-state index in [0.717, 1.165) is 129 Å². The molecule has 3 aromatic rings. The number of phenols is 3. The molecule has 15 aliphatic rings. The lowest BCUT2D eigenvalue weighted by Crippen LogP contribution is -2.76. The molecular weight excluding hydrogens is 991 g/mol. The van der Waals surface area contributed by atoms with Gasteiger partial charge in [-0.25, -0.2) is 0 Å². The molecule has 3 spiro atoms. The lowest BCUT2D eigenvalue weighted by molar-refractivity contribution is -0.188. The molecule has 78 heavy (non-hydrogen) atoms. The van der Waals surface area contributed by atoms with Crippen LogP contribution in [0.3, 0.4) is 0 Å². The Kier molecular flexibility index (Phi) is 11.7. The van der Waals surface area contributed by atoms with E-state index in [1.165, 1.54) is 38.5 Å². The van der Waals surface area contributed by atoms with Crippen LogP contribution in [0.15, 0.2) is 36.4 Å². The molecule has 6 heterocycles. The molecule has 3 saturated heterocycles. The van der Waals surface area contributed by atoms with Gasteiger partial charge in [0.25, 0.3) is 0 Å². The number of nitrogens with zero attached hydrogens (tertiary/aromatic N) is 3. The molecule has 6 saturated carbocycles. The van der Waals surface area contributed by atoms with Crippen LogP contribution in [0.5, 0.6) is 34.5 Å². The van der Waals surface area contributed by atoms with Gasteiger partial charge in [-0.2, -0.15) is 0 Å². The van der Waals surface area contributed by atoms with E-state index in [1.54, 1.807) is 18.2 Å². The standard InChI is InChI=1S/3C20H23NO4.3CH4/c3*22-13-4-3-12-9-15-20(24)6-5-14(23)18-19(20,16(12)17(13)25-18)7-8-21(15)10-11-1-2-11;;;/h3*3-4,11,15,18,22,24H,1-2,5-10H2;3*1H4/t3*15-,18+,19+,20-;;;/m111.../s1. The van der Waals surface area contributed by atoms with Crippen LogP contribution in [0.4, 0.5) is 0 Å². The molecule has 12 atom stereocenters. The Morgan fingerprint density at radius 3 is 0.949 bits per heavy atom. The first kappa shape index (κ1) is 52.6. The monoisotopic (exact) mass is 1070 g/mol.